The van der Waals surface area contributed by atoms with Crippen LogP contribution in [-0.4, -0.2) is 22.0 Å². The minimum atomic E-state index is -0.849. The Labute approximate surface area is 150 Å². The molecule has 0 saturated heterocycles. The Morgan fingerprint density at radius 3 is 2.77 bits per heavy atom. The smallest absolute Gasteiger partial charge is 0.306 e. The number of pyridine rings is 1. The molecule has 2 aromatic rings. The molecule has 136 valence electrons. The third-order valence-electron chi connectivity index (χ3n) is 4.47. The van der Waals surface area contributed by atoms with Gasteiger partial charge in [0.05, 0.1) is 5.92 Å². The van der Waals surface area contributed by atoms with Crippen LogP contribution in [0.25, 0.3) is 0 Å². The molecule has 1 heterocycles. The number of nitrogens with zero attached hydrogens (tertiary/aromatic N) is 1. The second kappa shape index (κ2) is 7.95. The number of carboxylic acids is 1. The monoisotopic (exact) mass is 358 g/mol. The molecule has 1 aliphatic rings. The van der Waals surface area contributed by atoms with Crippen LogP contribution in [0.3, 0.4) is 0 Å². The molecule has 1 aliphatic carbocycles. The molecule has 3 rings (SSSR count). The molecule has 1 amide bonds. The van der Waals surface area contributed by atoms with E-state index in [2.05, 4.69) is 10.3 Å². The summed E-state index contributed by atoms with van der Waals surface area (Å²) in [6.45, 7) is 0.200. The number of carboxylic acid groups (broad SMARTS) is 1. The number of halogens is 1. The summed E-state index contributed by atoms with van der Waals surface area (Å²) < 4.78 is 18.9. The molecule has 6 nitrogen and oxygen atoms in total. The summed E-state index contributed by atoms with van der Waals surface area (Å²) in [5, 5.41) is 11.8. The van der Waals surface area contributed by atoms with E-state index >= 15 is 0 Å². The maximum Gasteiger partial charge on any atom is 0.306 e. The second-order valence-corrected chi connectivity index (χ2v) is 6.29. The van der Waals surface area contributed by atoms with Gasteiger partial charge in [-0.1, -0.05) is 12.1 Å². The van der Waals surface area contributed by atoms with Gasteiger partial charge in [0.15, 0.2) is 0 Å². The van der Waals surface area contributed by atoms with Crippen molar-refractivity contribution in [3.63, 3.8) is 0 Å². The van der Waals surface area contributed by atoms with Crippen molar-refractivity contribution < 1.29 is 23.8 Å². The second-order valence-electron chi connectivity index (χ2n) is 6.29. The summed E-state index contributed by atoms with van der Waals surface area (Å²) in [7, 11) is 0. The van der Waals surface area contributed by atoms with Gasteiger partial charge in [-0.25, -0.2) is 9.37 Å². The molecule has 1 aromatic carbocycles. The summed E-state index contributed by atoms with van der Waals surface area (Å²) in [5.74, 6) is -1.57. The van der Waals surface area contributed by atoms with E-state index < -0.39 is 17.7 Å². The maximum absolute atomic E-state index is 13.3. The molecule has 1 aromatic heterocycles. The largest absolute Gasteiger partial charge is 0.481 e. The number of hydrogen-bond acceptors (Lipinski definition) is 4. The number of rotatable bonds is 6. The first-order valence-corrected chi connectivity index (χ1v) is 8.41. The molecule has 0 bridgehead atoms. The standard InChI is InChI=1S/C19H19FN2O4/c20-15-4-1-5-16(10-15)26-18-14(3-2-8-21-18)11-22-17(23)12-6-7-13(9-12)19(24)25/h1-5,8,10,12-13H,6-7,9,11H2,(H,22,23)(H,24,25)/t12-,13+/m0/s1. The van der Waals surface area contributed by atoms with Crippen LogP contribution in [0.1, 0.15) is 24.8 Å². The lowest BCUT2D eigenvalue weighted by atomic mass is 10.0. The minimum absolute atomic E-state index is 0.172. The third kappa shape index (κ3) is 4.36. The first kappa shape index (κ1) is 17.8. The van der Waals surface area contributed by atoms with E-state index in [9.17, 15) is 14.0 Å². The molecule has 1 saturated carbocycles. The lowest BCUT2D eigenvalue weighted by Gasteiger charge is -2.13. The average molecular weight is 358 g/mol. The van der Waals surface area contributed by atoms with Crippen molar-refractivity contribution >= 4 is 11.9 Å². The number of carbonyl (C=O) groups is 2. The number of benzene rings is 1. The van der Waals surface area contributed by atoms with Gasteiger partial charge in [-0.3, -0.25) is 9.59 Å². The molecule has 2 atom stereocenters. The molecule has 2 N–H and O–H groups in total. The Morgan fingerprint density at radius 1 is 1.23 bits per heavy atom. The quantitative estimate of drug-likeness (QED) is 0.828. The molecule has 26 heavy (non-hydrogen) atoms. The summed E-state index contributed by atoms with van der Waals surface area (Å²) in [5.41, 5.74) is 0.651. The first-order chi connectivity index (χ1) is 12.5. The molecule has 0 aliphatic heterocycles. The van der Waals surface area contributed by atoms with Gasteiger partial charge in [-0.15, -0.1) is 0 Å². The van der Waals surface area contributed by atoms with Crippen molar-refractivity contribution in [3.8, 4) is 11.6 Å². The lowest BCUT2D eigenvalue weighted by Crippen LogP contribution is -2.29. The summed E-state index contributed by atoms with van der Waals surface area (Å²) in [4.78, 5) is 27.4. The van der Waals surface area contributed by atoms with Gasteiger partial charge in [0, 0.05) is 30.3 Å². The summed E-state index contributed by atoms with van der Waals surface area (Å²) in [6.07, 6.45) is 3.01. The van der Waals surface area contributed by atoms with E-state index in [-0.39, 0.29) is 24.2 Å². The van der Waals surface area contributed by atoms with Gasteiger partial charge < -0.3 is 15.2 Å². The fraction of sp³-hybridized carbons (Fsp3) is 0.316. The topological polar surface area (TPSA) is 88.5 Å². The number of ether oxygens (including phenoxy) is 1. The Kier molecular flexibility index (Phi) is 5.46. The van der Waals surface area contributed by atoms with Crippen molar-refractivity contribution in [1.29, 1.82) is 0 Å². The van der Waals surface area contributed by atoms with Crippen LogP contribution in [0, 0.1) is 17.7 Å². The molecular formula is C19H19FN2O4. The van der Waals surface area contributed by atoms with Crippen molar-refractivity contribution in [1.82, 2.24) is 10.3 Å². The third-order valence-corrected chi connectivity index (χ3v) is 4.47. The Bertz CT molecular complexity index is 812. The lowest BCUT2D eigenvalue weighted by molar-refractivity contribution is -0.141. The zero-order valence-corrected chi connectivity index (χ0v) is 14.0. The minimum Gasteiger partial charge on any atom is -0.481 e. The van der Waals surface area contributed by atoms with E-state index in [1.54, 1.807) is 24.4 Å². The fourth-order valence-electron chi connectivity index (χ4n) is 3.06. The highest BCUT2D eigenvalue weighted by atomic mass is 19.1. The van der Waals surface area contributed by atoms with Crippen LogP contribution in [0.4, 0.5) is 4.39 Å². The predicted molar refractivity (Wildman–Crippen MR) is 91.0 cm³/mol. The summed E-state index contributed by atoms with van der Waals surface area (Å²) >= 11 is 0. The number of aliphatic carboxylic acids is 1. The van der Waals surface area contributed by atoms with E-state index in [0.717, 1.165) is 0 Å². The van der Waals surface area contributed by atoms with Gasteiger partial charge in [0.1, 0.15) is 11.6 Å². The molecule has 0 radical (unpaired) electrons. The Hall–Kier alpha value is -2.96. The van der Waals surface area contributed by atoms with Crippen LogP contribution >= 0.6 is 0 Å². The van der Waals surface area contributed by atoms with Crippen molar-refractivity contribution in [2.24, 2.45) is 11.8 Å². The number of hydrogen-bond donors (Lipinski definition) is 2. The van der Waals surface area contributed by atoms with Gasteiger partial charge in [-0.2, -0.15) is 0 Å². The Morgan fingerprint density at radius 2 is 2.04 bits per heavy atom. The molecular weight excluding hydrogens is 339 g/mol. The van der Waals surface area contributed by atoms with Crippen LogP contribution < -0.4 is 10.1 Å². The van der Waals surface area contributed by atoms with Gasteiger partial charge in [0.2, 0.25) is 11.8 Å². The van der Waals surface area contributed by atoms with Crippen LogP contribution in [-0.2, 0) is 16.1 Å². The first-order valence-electron chi connectivity index (χ1n) is 8.41. The van der Waals surface area contributed by atoms with Crippen molar-refractivity contribution in [3.05, 3.63) is 54.0 Å². The van der Waals surface area contributed by atoms with E-state index in [4.69, 9.17) is 9.84 Å². The van der Waals surface area contributed by atoms with Gasteiger partial charge >= 0.3 is 5.97 Å². The highest BCUT2D eigenvalue weighted by molar-refractivity contribution is 5.80. The normalized spacial score (nSPS) is 19.1. The SMILES string of the molecule is O=C(O)[C@@H]1CC[C@H](C(=O)NCc2cccnc2Oc2cccc(F)c2)C1. The van der Waals surface area contributed by atoms with E-state index in [0.29, 0.717) is 30.6 Å². The zero-order valence-electron chi connectivity index (χ0n) is 14.0. The number of carbonyl (C=O) groups excluding carboxylic acids is 1. The molecule has 0 unspecified atom stereocenters. The molecule has 0 spiro atoms. The number of amides is 1. The summed E-state index contributed by atoms with van der Waals surface area (Å²) in [6, 6.07) is 9.20. The Balaban J connectivity index is 1.62. The van der Waals surface area contributed by atoms with Crippen molar-refractivity contribution in [2.45, 2.75) is 25.8 Å². The fourth-order valence-corrected chi connectivity index (χ4v) is 3.06. The predicted octanol–water partition coefficient (Wildman–Crippen LogP) is 3.13. The van der Waals surface area contributed by atoms with Gasteiger partial charge in [-0.05, 0) is 37.5 Å². The van der Waals surface area contributed by atoms with Crippen LogP contribution in [0.2, 0.25) is 0 Å². The van der Waals surface area contributed by atoms with Crippen molar-refractivity contribution in [2.75, 3.05) is 0 Å². The van der Waals surface area contributed by atoms with Crippen LogP contribution in [0.5, 0.6) is 11.6 Å². The van der Waals surface area contributed by atoms with Gasteiger partial charge in [0.25, 0.3) is 0 Å². The van der Waals surface area contributed by atoms with E-state index in [1.165, 1.54) is 18.2 Å². The zero-order chi connectivity index (χ0) is 18.5. The highest BCUT2D eigenvalue weighted by Gasteiger charge is 2.33. The molecule has 1 fully saturated rings. The van der Waals surface area contributed by atoms with Crippen LogP contribution in [0.15, 0.2) is 42.6 Å². The number of aromatic nitrogens is 1. The maximum atomic E-state index is 13.3. The highest BCUT2D eigenvalue weighted by Crippen LogP contribution is 2.31. The molecule has 7 heteroatoms. The average Bonchev–Trinajstić information content (AvgIpc) is 3.11. The van der Waals surface area contributed by atoms with E-state index in [1.807, 2.05) is 0 Å². The number of nitrogens with one attached hydrogen (secondary N) is 1.